The number of carbonyl (C=O) groups is 1. The van der Waals surface area contributed by atoms with Crippen molar-refractivity contribution in [3.05, 3.63) is 23.3 Å². The van der Waals surface area contributed by atoms with Crippen molar-refractivity contribution in [2.24, 2.45) is 0 Å². The minimum absolute atomic E-state index is 0.0459. The molecule has 0 atom stereocenters. The molecule has 1 saturated carbocycles. The Balaban J connectivity index is 2.33. The first-order chi connectivity index (χ1) is 8.09. The quantitative estimate of drug-likeness (QED) is 0.866. The number of benzene rings is 1. The van der Waals surface area contributed by atoms with Crippen LogP contribution in [0, 0.1) is 11.6 Å². The third-order valence-electron chi connectivity index (χ3n) is 2.76. The van der Waals surface area contributed by atoms with Crippen LogP contribution in [0.4, 0.5) is 8.78 Å². The van der Waals surface area contributed by atoms with E-state index in [0.29, 0.717) is 6.07 Å². The number of nitrogens with zero attached hydrogens (tertiary/aromatic N) is 3. The predicted octanol–water partition coefficient (Wildman–Crippen LogP) is 1.74. The summed E-state index contributed by atoms with van der Waals surface area (Å²) >= 11 is 0. The molecule has 1 aromatic carbocycles. The van der Waals surface area contributed by atoms with Crippen molar-refractivity contribution in [2.75, 3.05) is 0 Å². The molecular weight excluding hydrogens is 232 g/mol. The van der Waals surface area contributed by atoms with Gasteiger partial charge in [-0.2, -0.15) is 0 Å². The number of aromatic nitrogens is 3. The zero-order chi connectivity index (χ0) is 12.2. The number of carboxylic acid groups (broad SMARTS) is 1. The molecule has 5 nitrogen and oxygen atoms in total. The number of hydrogen-bond acceptors (Lipinski definition) is 3. The van der Waals surface area contributed by atoms with Crippen LogP contribution >= 0.6 is 0 Å². The first kappa shape index (κ1) is 10.1. The Kier molecular flexibility index (Phi) is 1.92. The summed E-state index contributed by atoms with van der Waals surface area (Å²) in [6.07, 6.45) is 1.69. The average molecular weight is 239 g/mol. The second-order valence-electron chi connectivity index (χ2n) is 3.99. The van der Waals surface area contributed by atoms with Gasteiger partial charge in [0, 0.05) is 0 Å². The van der Waals surface area contributed by atoms with Crippen LogP contribution in [0.5, 0.6) is 0 Å². The maximum absolute atomic E-state index is 13.7. The van der Waals surface area contributed by atoms with Gasteiger partial charge in [-0.15, -0.1) is 5.10 Å². The molecule has 1 aliphatic carbocycles. The zero-order valence-electron chi connectivity index (χ0n) is 8.52. The van der Waals surface area contributed by atoms with E-state index in [-0.39, 0.29) is 17.1 Å². The minimum Gasteiger partial charge on any atom is -0.478 e. The van der Waals surface area contributed by atoms with Crippen LogP contribution in [0.25, 0.3) is 11.0 Å². The van der Waals surface area contributed by atoms with Gasteiger partial charge in [0.2, 0.25) is 0 Å². The largest absolute Gasteiger partial charge is 0.478 e. The highest BCUT2D eigenvalue weighted by molar-refractivity contribution is 5.93. The summed E-state index contributed by atoms with van der Waals surface area (Å²) in [6, 6.07) is 0.715. The van der Waals surface area contributed by atoms with Gasteiger partial charge < -0.3 is 5.11 Å². The molecule has 1 aromatic heterocycles. The van der Waals surface area contributed by atoms with Crippen LogP contribution in [0.3, 0.4) is 0 Å². The van der Waals surface area contributed by atoms with E-state index >= 15 is 0 Å². The molecule has 0 bridgehead atoms. The number of halogens is 2. The zero-order valence-corrected chi connectivity index (χ0v) is 8.52. The van der Waals surface area contributed by atoms with Gasteiger partial charge in [-0.05, 0) is 18.9 Å². The van der Waals surface area contributed by atoms with Gasteiger partial charge >= 0.3 is 5.97 Å². The van der Waals surface area contributed by atoms with Gasteiger partial charge in [0.25, 0.3) is 0 Å². The maximum atomic E-state index is 13.7. The van der Waals surface area contributed by atoms with E-state index in [1.54, 1.807) is 0 Å². The number of fused-ring (bicyclic) bond motifs is 1. The molecule has 1 N–H and O–H groups in total. The van der Waals surface area contributed by atoms with E-state index < -0.39 is 23.2 Å². The van der Waals surface area contributed by atoms with Crippen LogP contribution in [0.1, 0.15) is 29.2 Å². The fourth-order valence-corrected chi connectivity index (χ4v) is 1.78. The normalized spacial score (nSPS) is 15.4. The van der Waals surface area contributed by atoms with Gasteiger partial charge in [0.1, 0.15) is 11.1 Å². The standard InChI is InChI=1S/C10H7F2N3O2/c11-6-3-5(10(16)17)7(12)8-9(6)15(14-13-8)4-1-2-4/h3-4H,1-2H2,(H,16,17). The number of carboxylic acids is 1. The molecule has 7 heteroatoms. The molecule has 88 valence electrons. The van der Waals surface area contributed by atoms with Gasteiger partial charge in [-0.3, -0.25) is 0 Å². The second kappa shape index (κ2) is 3.22. The molecule has 1 fully saturated rings. The van der Waals surface area contributed by atoms with Crippen molar-refractivity contribution >= 4 is 17.0 Å². The van der Waals surface area contributed by atoms with Crippen molar-refractivity contribution in [3.8, 4) is 0 Å². The molecule has 0 radical (unpaired) electrons. The highest BCUT2D eigenvalue weighted by Gasteiger charge is 2.30. The van der Waals surface area contributed by atoms with Crippen LogP contribution in [-0.4, -0.2) is 26.1 Å². The van der Waals surface area contributed by atoms with Crippen LogP contribution in [0.15, 0.2) is 6.07 Å². The molecule has 0 spiro atoms. The maximum Gasteiger partial charge on any atom is 0.338 e. The molecule has 17 heavy (non-hydrogen) atoms. The van der Waals surface area contributed by atoms with E-state index in [9.17, 15) is 13.6 Å². The number of aromatic carboxylic acids is 1. The van der Waals surface area contributed by atoms with Crippen LogP contribution in [-0.2, 0) is 0 Å². The summed E-state index contributed by atoms with van der Waals surface area (Å²) < 4.78 is 28.8. The van der Waals surface area contributed by atoms with E-state index in [1.807, 2.05) is 0 Å². The highest BCUT2D eigenvalue weighted by Crippen LogP contribution is 2.37. The fraction of sp³-hybridized carbons (Fsp3) is 0.300. The Morgan fingerprint density at radius 1 is 1.47 bits per heavy atom. The minimum atomic E-state index is -1.52. The van der Waals surface area contributed by atoms with Crippen LogP contribution < -0.4 is 0 Å². The van der Waals surface area contributed by atoms with Gasteiger partial charge in [0.05, 0.1) is 6.04 Å². The average Bonchev–Trinajstić information content (AvgIpc) is 3.02. The predicted molar refractivity (Wildman–Crippen MR) is 52.7 cm³/mol. The lowest BCUT2D eigenvalue weighted by Crippen LogP contribution is -2.04. The van der Waals surface area contributed by atoms with E-state index in [0.717, 1.165) is 12.8 Å². The summed E-state index contributed by atoms with van der Waals surface area (Å²) in [5, 5.41) is 15.9. The third kappa shape index (κ3) is 1.38. The third-order valence-corrected chi connectivity index (χ3v) is 2.76. The molecule has 2 aromatic rings. The van der Waals surface area contributed by atoms with Crippen molar-refractivity contribution < 1.29 is 18.7 Å². The summed E-state index contributed by atoms with van der Waals surface area (Å²) in [5.74, 6) is -3.37. The molecule has 0 amide bonds. The van der Waals surface area contributed by atoms with Crippen molar-refractivity contribution in [3.63, 3.8) is 0 Å². The Hall–Kier alpha value is -2.05. The summed E-state index contributed by atoms with van der Waals surface area (Å²) in [5.41, 5.74) is -1.11. The Bertz CT molecular complexity index is 634. The molecule has 0 aliphatic heterocycles. The lowest BCUT2D eigenvalue weighted by atomic mass is 10.1. The van der Waals surface area contributed by atoms with Gasteiger partial charge in [-0.25, -0.2) is 18.3 Å². The molecule has 1 heterocycles. The van der Waals surface area contributed by atoms with Crippen molar-refractivity contribution in [1.29, 1.82) is 0 Å². The summed E-state index contributed by atoms with van der Waals surface area (Å²) in [7, 11) is 0. The molecule has 3 rings (SSSR count). The van der Waals surface area contributed by atoms with Gasteiger partial charge in [0.15, 0.2) is 17.2 Å². The molecule has 1 aliphatic rings. The smallest absolute Gasteiger partial charge is 0.338 e. The first-order valence-corrected chi connectivity index (χ1v) is 5.05. The molecule has 0 unspecified atom stereocenters. The monoisotopic (exact) mass is 239 g/mol. The summed E-state index contributed by atoms with van der Waals surface area (Å²) in [4.78, 5) is 10.7. The first-order valence-electron chi connectivity index (χ1n) is 5.05. The topological polar surface area (TPSA) is 68.0 Å². The Morgan fingerprint density at radius 3 is 2.76 bits per heavy atom. The molecule has 0 saturated heterocycles. The van der Waals surface area contributed by atoms with E-state index in [2.05, 4.69) is 10.3 Å². The number of rotatable bonds is 2. The van der Waals surface area contributed by atoms with Crippen molar-refractivity contribution in [2.45, 2.75) is 18.9 Å². The fourth-order valence-electron chi connectivity index (χ4n) is 1.78. The van der Waals surface area contributed by atoms with E-state index in [1.165, 1.54) is 4.68 Å². The second-order valence-corrected chi connectivity index (χ2v) is 3.99. The van der Waals surface area contributed by atoms with Crippen LogP contribution in [0.2, 0.25) is 0 Å². The van der Waals surface area contributed by atoms with Crippen molar-refractivity contribution in [1.82, 2.24) is 15.0 Å². The Labute approximate surface area is 93.6 Å². The van der Waals surface area contributed by atoms with E-state index in [4.69, 9.17) is 5.11 Å². The Morgan fingerprint density at radius 2 is 2.18 bits per heavy atom. The highest BCUT2D eigenvalue weighted by atomic mass is 19.1. The summed E-state index contributed by atoms with van der Waals surface area (Å²) in [6.45, 7) is 0. The SMILES string of the molecule is O=C(O)c1cc(F)c2c(nnn2C2CC2)c1F. The lowest BCUT2D eigenvalue weighted by molar-refractivity contribution is 0.0691. The van der Waals surface area contributed by atoms with Gasteiger partial charge in [-0.1, -0.05) is 5.21 Å². The lowest BCUT2D eigenvalue weighted by Gasteiger charge is -2.02. The molecular formula is C10H7F2N3O2. The number of hydrogen-bond donors (Lipinski definition) is 1.